The Morgan fingerprint density at radius 2 is 2.25 bits per heavy atom. The first kappa shape index (κ1) is 14.7. The third-order valence-corrected chi connectivity index (χ3v) is 4.37. The molecule has 0 aliphatic carbocycles. The van der Waals surface area contributed by atoms with Gasteiger partial charge in [-0.05, 0) is 20.3 Å². The van der Waals surface area contributed by atoms with Crippen LogP contribution < -0.4 is 4.72 Å². The van der Waals surface area contributed by atoms with Crippen LogP contribution in [-0.2, 0) is 16.6 Å². The number of H-pyrrole nitrogens is 1. The fourth-order valence-corrected chi connectivity index (χ4v) is 3.16. The average molecular weight is 297 g/mol. The van der Waals surface area contributed by atoms with E-state index < -0.39 is 16.1 Å². The molecule has 1 atom stereocenters. The lowest BCUT2D eigenvalue weighted by atomic mass is 10.3. The molecule has 0 spiro atoms. The summed E-state index contributed by atoms with van der Waals surface area (Å²) >= 11 is 0. The lowest BCUT2D eigenvalue weighted by Crippen LogP contribution is -2.27. The molecule has 8 heteroatoms. The number of imidazole rings is 2. The Labute approximate surface area is 118 Å². The molecule has 0 bridgehead atoms. The van der Waals surface area contributed by atoms with Crippen molar-refractivity contribution in [2.45, 2.75) is 44.8 Å². The first-order chi connectivity index (χ1) is 9.44. The molecule has 0 aromatic carbocycles. The maximum Gasteiger partial charge on any atom is 0.260 e. The predicted molar refractivity (Wildman–Crippen MR) is 74.6 cm³/mol. The molecule has 7 nitrogen and oxygen atoms in total. The van der Waals surface area contributed by atoms with Gasteiger partial charge in [-0.25, -0.2) is 18.4 Å². The Morgan fingerprint density at radius 3 is 2.85 bits per heavy atom. The normalized spacial score (nSPS) is 13.6. The van der Waals surface area contributed by atoms with E-state index in [1.165, 1.54) is 0 Å². The van der Waals surface area contributed by atoms with E-state index in [0.29, 0.717) is 11.6 Å². The highest BCUT2D eigenvalue weighted by atomic mass is 32.2. The molecule has 0 amide bonds. The number of aromatic amines is 1. The van der Waals surface area contributed by atoms with Gasteiger partial charge in [0.25, 0.3) is 10.0 Å². The van der Waals surface area contributed by atoms with E-state index in [1.54, 1.807) is 32.4 Å². The monoisotopic (exact) mass is 297 g/mol. The van der Waals surface area contributed by atoms with Gasteiger partial charge in [-0.3, -0.25) is 0 Å². The van der Waals surface area contributed by atoms with Gasteiger partial charge in [0.2, 0.25) is 0 Å². The standard InChI is InChI=1S/C12H19N5O2S/c1-4-7-17-8-11(15-10(17)3)20(18,19)16-9(2)12-13-5-6-14-12/h5-6,8-9,16H,4,7H2,1-3H3,(H,13,14). The minimum absolute atomic E-state index is 0.0434. The van der Waals surface area contributed by atoms with Crippen molar-refractivity contribution in [2.24, 2.45) is 0 Å². The Bertz CT molecular complexity index is 660. The highest BCUT2D eigenvalue weighted by molar-refractivity contribution is 7.89. The van der Waals surface area contributed by atoms with E-state index in [9.17, 15) is 8.42 Å². The van der Waals surface area contributed by atoms with E-state index in [2.05, 4.69) is 19.7 Å². The molecule has 0 saturated heterocycles. The zero-order valence-electron chi connectivity index (χ0n) is 11.8. The van der Waals surface area contributed by atoms with Crippen LogP contribution in [0.1, 0.15) is 38.0 Å². The van der Waals surface area contributed by atoms with Gasteiger partial charge in [0.15, 0.2) is 5.03 Å². The number of hydrogen-bond acceptors (Lipinski definition) is 4. The van der Waals surface area contributed by atoms with Crippen molar-refractivity contribution in [2.75, 3.05) is 0 Å². The van der Waals surface area contributed by atoms with Gasteiger partial charge < -0.3 is 9.55 Å². The first-order valence-corrected chi connectivity index (χ1v) is 7.97. The summed E-state index contributed by atoms with van der Waals surface area (Å²) in [4.78, 5) is 11.0. The largest absolute Gasteiger partial charge is 0.347 e. The van der Waals surface area contributed by atoms with Crippen LogP contribution in [0, 0.1) is 6.92 Å². The molecule has 0 aliphatic heterocycles. The molecular formula is C12H19N5O2S. The number of nitrogens with one attached hydrogen (secondary N) is 2. The molecule has 0 radical (unpaired) electrons. The third kappa shape index (κ3) is 3.07. The van der Waals surface area contributed by atoms with Gasteiger partial charge >= 0.3 is 0 Å². The molecule has 2 aromatic heterocycles. The summed E-state index contributed by atoms with van der Waals surface area (Å²) in [5, 5.41) is 0.0434. The summed E-state index contributed by atoms with van der Waals surface area (Å²) in [7, 11) is -3.65. The summed E-state index contributed by atoms with van der Waals surface area (Å²) in [5.41, 5.74) is 0. The number of nitrogens with zero attached hydrogens (tertiary/aromatic N) is 3. The molecule has 1 unspecified atom stereocenters. The van der Waals surface area contributed by atoms with Gasteiger partial charge in [0.1, 0.15) is 11.6 Å². The second kappa shape index (κ2) is 5.76. The van der Waals surface area contributed by atoms with Crippen molar-refractivity contribution in [3.8, 4) is 0 Å². The number of rotatable bonds is 6. The molecule has 2 N–H and O–H groups in total. The van der Waals surface area contributed by atoms with E-state index in [1.807, 2.05) is 11.5 Å². The molecule has 110 valence electrons. The van der Waals surface area contributed by atoms with Crippen LogP contribution in [0.2, 0.25) is 0 Å². The van der Waals surface area contributed by atoms with Crippen molar-refractivity contribution in [3.63, 3.8) is 0 Å². The van der Waals surface area contributed by atoms with Gasteiger partial charge in [-0.15, -0.1) is 0 Å². The second-order valence-electron chi connectivity index (χ2n) is 4.64. The van der Waals surface area contributed by atoms with Crippen molar-refractivity contribution < 1.29 is 8.42 Å². The van der Waals surface area contributed by atoms with Gasteiger partial charge in [0, 0.05) is 25.1 Å². The maximum absolute atomic E-state index is 12.3. The highest BCUT2D eigenvalue weighted by Gasteiger charge is 2.23. The van der Waals surface area contributed by atoms with E-state index in [-0.39, 0.29) is 5.03 Å². The maximum atomic E-state index is 12.3. The van der Waals surface area contributed by atoms with Crippen molar-refractivity contribution >= 4 is 10.0 Å². The van der Waals surface area contributed by atoms with Gasteiger partial charge in [0.05, 0.1) is 6.04 Å². The Morgan fingerprint density at radius 1 is 1.50 bits per heavy atom. The SMILES string of the molecule is CCCn1cc(S(=O)(=O)NC(C)c2ncc[nH]2)nc1C. The van der Waals surface area contributed by atoms with Gasteiger partial charge in [-0.1, -0.05) is 6.92 Å². The number of aryl methyl sites for hydroxylation is 2. The smallest absolute Gasteiger partial charge is 0.260 e. The average Bonchev–Trinajstić information content (AvgIpc) is 3.00. The molecule has 20 heavy (non-hydrogen) atoms. The lowest BCUT2D eigenvalue weighted by Gasteiger charge is -2.10. The molecule has 0 saturated carbocycles. The summed E-state index contributed by atoms with van der Waals surface area (Å²) in [6, 6.07) is -0.438. The molecular weight excluding hydrogens is 278 g/mol. The molecule has 2 rings (SSSR count). The van der Waals surface area contributed by atoms with Crippen LogP contribution in [0.25, 0.3) is 0 Å². The summed E-state index contributed by atoms with van der Waals surface area (Å²) in [6.07, 6.45) is 5.73. The lowest BCUT2D eigenvalue weighted by molar-refractivity contribution is 0.557. The molecule has 2 aromatic rings. The van der Waals surface area contributed by atoms with Crippen molar-refractivity contribution in [1.29, 1.82) is 0 Å². The Kier molecular flexibility index (Phi) is 4.24. The van der Waals surface area contributed by atoms with E-state index >= 15 is 0 Å². The van der Waals surface area contributed by atoms with Crippen molar-refractivity contribution in [3.05, 3.63) is 30.2 Å². The van der Waals surface area contributed by atoms with Crippen LogP contribution in [-0.4, -0.2) is 27.9 Å². The number of hydrogen-bond donors (Lipinski definition) is 2. The fourth-order valence-electron chi connectivity index (χ4n) is 1.94. The fraction of sp³-hybridized carbons (Fsp3) is 0.500. The van der Waals surface area contributed by atoms with Crippen LogP contribution in [0.3, 0.4) is 0 Å². The van der Waals surface area contributed by atoms with Crippen LogP contribution >= 0.6 is 0 Å². The topological polar surface area (TPSA) is 92.7 Å². The second-order valence-corrected chi connectivity index (χ2v) is 6.30. The van der Waals surface area contributed by atoms with E-state index in [4.69, 9.17) is 0 Å². The number of aromatic nitrogens is 4. The van der Waals surface area contributed by atoms with Gasteiger partial charge in [-0.2, -0.15) is 4.72 Å². The zero-order valence-corrected chi connectivity index (χ0v) is 12.6. The molecule has 2 heterocycles. The minimum Gasteiger partial charge on any atom is -0.347 e. The van der Waals surface area contributed by atoms with Crippen LogP contribution in [0.5, 0.6) is 0 Å². The third-order valence-electron chi connectivity index (χ3n) is 2.96. The van der Waals surface area contributed by atoms with Crippen molar-refractivity contribution in [1.82, 2.24) is 24.2 Å². The number of sulfonamides is 1. The highest BCUT2D eigenvalue weighted by Crippen LogP contribution is 2.14. The minimum atomic E-state index is -3.65. The predicted octanol–water partition coefficient (Wildman–Crippen LogP) is 1.36. The Hall–Kier alpha value is -1.67. The van der Waals surface area contributed by atoms with Crippen LogP contribution in [0.4, 0.5) is 0 Å². The van der Waals surface area contributed by atoms with Crippen LogP contribution in [0.15, 0.2) is 23.6 Å². The summed E-state index contributed by atoms with van der Waals surface area (Å²) in [5.74, 6) is 1.26. The Balaban J connectivity index is 2.20. The molecule has 0 fully saturated rings. The zero-order chi connectivity index (χ0) is 14.8. The molecule has 0 aliphatic rings. The summed E-state index contributed by atoms with van der Waals surface area (Å²) < 4.78 is 29.0. The van der Waals surface area contributed by atoms with E-state index in [0.717, 1.165) is 13.0 Å². The summed E-state index contributed by atoms with van der Waals surface area (Å²) in [6.45, 7) is 6.31. The quantitative estimate of drug-likeness (QED) is 0.842. The first-order valence-electron chi connectivity index (χ1n) is 6.49.